The van der Waals surface area contributed by atoms with Gasteiger partial charge in [-0.3, -0.25) is 4.79 Å². The van der Waals surface area contributed by atoms with E-state index in [1.165, 1.54) is 0 Å². The second-order valence-electron chi connectivity index (χ2n) is 3.09. The molecule has 1 heterocycles. The number of benzene rings is 1. The third-order valence-electron chi connectivity index (χ3n) is 2.09. The molecular formula is C12H8N2O. The van der Waals surface area contributed by atoms with Gasteiger partial charge in [-0.05, 0) is 12.1 Å². The van der Waals surface area contributed by atoms with Gasteiger partial charge in [-0.1, -0.05) is 30.3 Å². The number of nitrogens with one attached hydrogen (secondary N) is 1. The molecule has 0 radical (unpaired) electrons. The van der Waals surface area contributed by atoms with Crippen molar-refractivity contribution in [2.45, 2.75) is 0 Å². The number of nitrogens with zero attached hydrogens (tertiary/aromatic N) is 1. The molecule has 1 N–H and O–H groups in total. The molecule has 0 atom stereocenters. The topological polar surface area (TPSA) is 56.6 Å². The molecule has 0 saturated heterocycles. The average Bonchev–Trinajstić information content (AvgIpc) is 2.78. The number of ketones is 1. The SMILES string of the molecule is N#Cc1ccc(C(=O)c2ccccc2)[nH]1. The van der Waals surface area contributed by atoms with Gasteiger partial charge in [-0.15, -0.1) is 0 Å². The summed E-state index contributed by atoms with van der Waals surface area (Å²) in [5, 5.41) is 8.61. The van der Waals surface area contributed by atoms with Crippen LogP contribution in [0.4, 0.5) is 0 Å². The van der Waals surface area contributed by atoms with Crippen molar-refractivity contribution in [3.8, 4) is 6.07 Å². The van der Waals surface area contributed by atoms with Crippen LogP contribution in [-0.2, 0) is 0 Å². The van der Waals surface area contributed by atoms with Crippen molar-refractivity contribution in [3.63, 3.8) is 0 Å². The van der Waals surface area contributed by atoms with Crippen molar-refractivity contribution in [2.75, 3.05) is 0 Å². The van der Waals surface area contributed by atoms with Crippen LogP contribution in [0.15, 0.2) is 42.5 Å². The Morgan fingerprint density at radius 3 is 2.47 bits per heavy atom. The van der Waals surface area contributed by atoms with E-state index in [0.717, 1.165) is 0 Å². The summed E-state index contributed by atoms with van der Waals surface area (Å²) in [6.07, 6.45) is 0. The largest absolute Gasteiger partial charge is 0.344 e. The highest BCUT2D eigenvalue weighted by atomic mass is 16.1. The van der Waals surface area contributed by atoms with Gasteiger partial charge in [0.1, 0.15) is 11.8 Å². The van der Waals surface area contributed by atoms with Crippen molar-refractivity contribution in [1.29, 1.82) is 5.26 Å². The maximum atomic E-state index is 11.8. The maximum Gasteiger partial charge on any atom is 0.209 e. The molecule has 0 fully saturated rings. The third kappa shape index (κ3) is 1.79. The second kappa shape index (κ2) is 3.81. The predicted molar refractivity (Wildman–Crippen MR) is 55.4 cm³/mol. The van der Waals surface area contributed by atoms with Gasteiger partial charge in [0, 0.05) is 5.56 Å². The molecule has 0 aliphatic carbocycles. The second-order valence-corrected chi connectivity index (χ2v) is 3.09. The van der Waals surface area contributed by atoms with Crippen molar-refractivity contribution >= 4 is 5.78 Å². The van der Waals surface area contributed by atoms with E-state index in [9.17, 15) is 4.79 Å². The monoisotopic (exact) mass is 196 g/mol. The van der Waals surface area contributed by atoms with Crippen molar-refractivity contribution in [2.24, 2.45) is 0 Å². The quantitative estimate of drug-likeness (QED) is 0.748. The lowest BCUT2D eigenvalue weighted by Gasteiger charge is -1.96. The summed E-state index contributed by atoms with van der Waals surface area (Å²) >= 11 is 0. The lowest BCUT2D eigenvalue weighted by molar-refractivity contribution is 0.103. The van der Waals surface area contributed by atoms with E-state index in [-0.39, 0.29) is 5.78 Å². The summed E-state index contributed by atoms with van der Waals surface area (Å²) in [6, 6.07) is 14.1. The maximum absolute atomic E-state index is 11.8. The summed E-state index contributed by atoms with van der Waals surface area (Å²) in [5.74, 6) is -0.0999. The molecule has 0 aliphatic heterocycles. The lowest BCUT2D eigenvalue weighted by Crippen LogP contribution is -2.01. The molecule has 0 aliphatic rings. The van der Waals surface area contributed by atoms with Gasteiger partial charge in [0.15, 0.2) is 0 Å². The van der Waals surface area contributed by atoms with Crippen LogP contribution in [-0.4, -0.2) is 10.8 Å². The molecule has 0 bridgehead atoms. The number of aromatic nitrogens is 1. The zero-order valence-electron chi connectivity index (χ0n) is 7.90. The van der Waals surface area contributed by atoms with Crippen molar-refractivity contribution in [3.05, 3.63) is 59.4 Å². The van der Waals surface area contributed by atoms with E-state index in [4.69, 9.17) is 5.26 Å². The summed E-state index contributed by atoms with van der Waals surface area (Å²) in [4.78, 5) is 14.6. The summed E-state index contributed by atoms with van der Waals surface area (Å²) < 4.78 is 0. The number of hydrogen-bond donors (Lipinski definition) is 1. The summed E-state index contributed by atoms with van der Waals surface area (Å²) in [5.41, 5.74) is 1.45. The van der Waals surface area contributed by atoms with Gasteiger partial charge in [-0.25, -0.2) is 0 Å². The number of hydrogen-bond acceptors (Lipinski definition) is 2. The molecular weight excluding hydrogens is 188 g/mol. The highest BCUT2D eigenvalue weighted by molar-refractivity contribution is 6.07. The number of aromatic amines is 1. The van der Waals surface area contributed by atoms with Crippen LogP contribution in [0.3, 0.4) is 0 Å². The number of carbonyl (C=O) groups is 1. The van der Waals surface area contributed by atoms with Gasteiger partial charge in [0.05, 0.1) is 5.69 Å². The minimum absolute atomic E-state index is 0.0999. The van der Waals surface area contributed by atoms with Crippen molar-refractivity contribution in [1.82, 2.24) is 4.98 Å². The Labute approximate surface area is 87.0 Å². The van der Waals surface area contributed by atoms with Crippen LogP contribution in [0.1, 0.15) is 21.7 Å². The van der Waals surface area contributed by atoms with Crippen LogP contribution in [0.2, 0.25) is 0 Å². The number of carbonyl (C=O) groups excluding carboxylic acids is 1. The van der Waals surface area contributed by atoms with E-state index in [2.05, 4.69) is 4.98 Å². The predicted octanol–water partition coefficient (Wildman–Crippen LogP) is 2.12. The molecule has 3 nitrogen and oxygen atoms in total. The molecule has 0 amide bonds. The fourth-order valence-corrected chi connectivity index (χ4v) is 1.34. The summed E-state index contributed by atoms with van der Waals surface area (Å²) in [7, 11) is 0. The van der Waals surface area contributed by atoms with Crippen LogP contribution >= 0.6 is 0 Å². The van der Waals surface area contributed by atoms with Crippen LogP contribution in [0, 0.1) is 11.3 Å². The Kier molecular flexibility index (Phi) is 2.34. The normalized spacial score (nSPS) is 9.53. The third-order valence-corrected chi connectivity index (χ3v) is 2.09. The van der Waals surface area contributed by atoms with Gasteiger partial charge >= 0.3 is 0 Å². The van der Waals surface area contributed by atoms with E-state index in [0.29, 0.717) is 17.0 Å². The van der Waals surface area contributed by atoms with Gasteiger partial charge in [-0.2, -0.15) is 5.26 Å². The van der Waals surface area contributed by atoms with Gasteiger partial charge in [0.2, 0.25) is 5.78 Å². The smallest absolute Gasteiger partial charge is 0.209 e. The molecule has 15 heavy (non-hydrogen) atoms. The van der Waals surface area contributed by atoms with Crippen molar-refractivity contribution < 1.29 is 4.79 Å². The van der Waals surface area contributed by atoms with Gasteiger partial charge < -0.3 is 4.98 Å². The summed E-state index contributed by atoms with van der Waals surface area (Å²) in [6.45, 7) is 0. The van der Waals surface area contributed by atoms with Crippen LogP contribution in [0.25, 0.3) is 0 Å². The molecule has 0 saturated carbocycles. The molecule has 0 spiro atoms. The molecule has 0 unspecified atom stereocenters. The first-order valence-electron chi connectivity index (χ1n) is 4.50. The Balaban J connectivity index is 2.34. The molecule has 2 aromatic rings. The standard InChI is InChI=1S/C12H8N2O/c13-8-10-6-7-11(14-10)12(15)9-4-2-1-3-5-9/h1-7,14H. The fraction of sp³-hybridized carbons (Fsp3) is 0. The average molecular weight is 196 g/mol. The Bertz CT molecular complexity index is 520. The number of nitriles is 1. The highest BCUT2D eigenvalue weighted by Gasteiger charge is 2.09. The Morgan fingerprint density at radius 2 is 1.87 bits per heavy atom. The van der Waals surface area contributed by atoms with E-state index in [1.807, 2.05) is 12.1 Å². The first-order chi connectivity index (χ1) is 7.31. The molecule has 1 aromatic heterocycles. The molecule has 1 aromatic carbocycles. The zero-order chi connectivity index (χ0) is 10.7. The molecule has 72 valence electrons. The number of H-pyrrole nitrogens is 1. The molecule has 3 heteroatoms. The minimum atomic E-state index is -0.0999. The highest BCUT2D eigenvalue weighted by Crippen LogP contribution is 2.08. The van der Waals surface area contributed by atoms with E-state index < -0.39 is 0 Å². The first kappa shape index (κ1) is 9.22. The lowest BCUT2D eigenvalue weighted by atomic mass is 10.1. The van der Waals surface area contributed by atoms with Crippen LogP contribution < -0.4 is 0 Å². The fourth-order valence-electron chi connectivity index (χ4n) is 1.34. The van der Waals surface area contributed by atoms with E-state index >= 15 is 0 Å². The zero-order valence-corrected chi connectivity index (χ0v) is 7.90. The molecule has 2 rings (SSSR count). The first-order valence-corrected chi connectivity index (χ1v) is 4.50. The number of rotatable bonds is 2. The Hall–Kier alpha value is -2.34. The minimum Gasteiger partial charge on any atom is -0.344 e. The van der Waals surface area contributed by atoms with E-state index in [1.54, 1.807) is 36.4 Å². The Morgan fingerprint density at radius 1 is 1.13 bits per heavy atom. The van der Waals surface area contributed by atoms with Crippen LogP contribution in [0.5, 0.6) is 0 Å². The van der Waals surface area contributed by atoms with Gasteiger partial charge in [0.25, 0.3) is 0 Å².